The van der Waals surface area contributed by atoms with Gasteiger partial charge in [0.15, 0.2) is 0 Å². The topological polar surface area (TPSA) is 47.1 Å². The van der Waals surface area contributed by atoms with E-state index in [1.165, 1.54) is 12.8 Å². The van der Waals surface area contributed by atoms with Crippen LogP contribution >= 0.6 is 0 Å². The average molecular weight is 385 g/mol. The summed E-state index contributed by atoms with van der Waals surface area (Å²) in [7, 11) is 4.04. The first kappa shape index (κ1) is 19.2. The van der Waals surface area contributed by atoms with Gasteiger partial charge in [-0.05, 0) is 44.9 Å². The third-order valence-electron chi connectivity index (χ3n) is 7.01. The summed E-state index contributed by atoms with van der Waals surface area (Å²) in [6, 6.07) is 8.07. The van der Waals surface area contributed by atoms with Gasteiger partial charge < -0.3 is 14.7 Å². The molecular formula is C22H32N4O2. The number of piperazine rings is 1. The number of carbonyl (C=O) groups excluding carboxylic acids is 2. The highest BCUT2D eigenvalue weighted by Gasteiger charge is 2.43. The van der Waals surface area contributed by atoms with Crippen molar-refractivity contribution in [3.05, 3.63) is 29.8 Å². The Morgan fingerprint density at radius 2 is 1.71 bits per heavy atom. The molecule has 0 saturated carbocycles. The lowest BCUT2D eigenvalue weighted by atomic mass is 9.86. The Morgan fingerprint density at radius 1 is 0.964 bits per heavy atom. The van der Waals surface area contributed by atoms with Gasteiger partial charge in [0, 0.05) is 64.0 Å². The summed E-state index contributed by atoms with van der Waals surface area (Å²) in [6.07, 6.45) is 4.70. The Hall–Kier alpha value is -2.08. The first-order valence-electron chi connectivity index (χ1n) is 10.6. The summed E-state index contributed by atoms with van der Waals surface area (Å²) in [6.45, 7) is 5.13. The molecule has 6 heteroatoms. The number of carbonyl (C=O) groups is 2. The number of rotatable bonds is 2. The minimum atomic E-state index is -0.100. The maximum atomic E-state index is 13.5. The number of amides is 2. The summed E-state index contributed by atoms with van der Waals surface area (Å²) in [4.78, 5) is 34.3. The van der Waals surface area contributed by atoms with Crippen LogP contribution in [0.25, 0.3) is 0 Å². The van der Waals surface area contributed by atoms with E-state index in [1.807, 2.05) is 35.0 Å². The molecule has 0 bridgehead atoms. The number of nitrogens with zero attached hydrogens (tertiary/aromatic N) is 4. The molecule has 3 heterocycles. The summed E-state index contributed by atoms with van der Waals surface area (Å²) >= 11 is 0. The lowest BCUT2D eigenvalue weighted by Gasteiger charge is -2.49. The SMILES string of the molecule is CN1CCC2(CCC1=O)CN(C(=O)c1ccccc1N1CCCC1)CCN2C. The second-order valence-electron chi connectivity index (χ2n) is 8.65. The second-order valence-corrected chi connectivity index (χ2v) is 8.65. The third-order valence-corrected chi connectivity index (χ3v) is 7.01. The maximum absolute atomic E-state index is 13.5. The zero-order valence-corrected chi connectivity index (χ0v) is 17.2. The molecule has 2 amide bonds. The van der Waals surface area contributed by atoms with E-state index in [1.54, 1.807) is 0 Å². The molecule has 1 unspecified atom stereocenters. The molecule has 1 aromatic rings. The van der Waals surface area contributed by atoms with Crippen molar-refractivity contribution in [1.82, 2.24) is 14.7 Å². The minimum Gasteiger partial charge on any atom is -0.371 e. The molecule has 1 aromatic carbocycles. The van der Waals surface area contributed by atoms with Crippen molar-refractivity contribution in [2.24, 2.45) is 0 Å². The molecule has 0 N–H and O–H groups in total. The fourth-order valence-corrected chi connectivity index (χ4v) is 4.99. The van der Waals surface area contributed by atoms with Crippen molar-refractivity contribution >= 4 is 17.5 Å². The fraction of sp³-hybridized carbons (Fsp3) is 0.636. The summed E-state index contributed by atoms with van der Waals surface area (Å²) in [5.74, 6) is 0.354. The largest absolute Gasteiger partial charge is 0.371 e. The van der Waals surface area contributed by atoms with Gasteiger partial charge in [-0.1, -0.05) is 12.1 Å². The van der Waals surface area contributed by atoms with Crippen LogP contribution in [0.2, 0.25) is 0 Å². The van der Waals surface area contributed by atoms with Crippen LogP contribution in [0.4, 0.5) is 5.69 Å². The van der Waals surface area contributed by atoms with Crippen LogP contribution in [0.5, 0.6) is 0 Å². The van der Waals surface area contributed by atoms with E-state index in [2.05, 4.69) is 22.9 Å². The summed E-state index contributed by atoms with van der Waals surface area (Å²) in [5.41, 5.74) is 1.80. The monoisotopic (exact) mass is 384 g/mol. The smallest absolute Gasteiger partial charge is 0.256 e. The number of likely N-dealkylation sites (N-methyl/N-ethyl adjacent to an activating group) is 1. The molecule has 4 rings (SSSR count). The van der Waals surface area contributed by atoms with Gasteiger partial charge in [-0.25, -0.2) is 0 Å². The van der Waals surface area contributed by atoms with E-state index in [0.29, 0.717) is 13.0 Å². The fourth-order valence-electron chi connectivity index (χ4n) is 4.99. The van der Waals surface area contributed by atoms with E-state index < -0.39 is 0 Å². The van der Waals surface area contributed by atoms with Gasteiger partial charge in [0.2, 0.25) is 5.91 Å². The average Bonchev–Trinajstić information content (AvgIpc) is 3.21. The Labute approximate surface area is 168 Å². The quantitative estimate of drug-likeness (QED) is 0.783. The molecule has 1 atom stereocenters. The van der Waals surface area contributed by atoms with E-state index in [0.717, 1.165) is 56.8 Å². The van der Waals surface area contributed by atoms with Crippen LogP contribution in [-0.2, 0) is 4.79 Å². The highest BCUT2D eigenvalue weighted by atomic mass is 16.2. The molecule has 3 aliphatic heterocycles. The van der Waals surface area contributed by atoms with Crippen LogP contribution < -0.4 is 4.90 Å². The molecular weight excluding hydrogens is 352 g/mol. The van der Waals surface area contributed by atoms with Crippen LogP contribution in [0.15, 0.2) is 24.3 Å². The maximum Gasteiger partial charge on any atom is 0.256 e. The zero-order valence-electron chi connectivity index (χ0n) is 17.2. The second kappa shape index (κ2) is 7.74. The van der Waals surface area contributed by atoms with Crippen molar-refractivity contribution in [2.45, 2.75) is 37.6 Å². The molecule has 152 valence electrons. The van der Waals surface area contributed by atoms with E-state index >= 15 is 0 Å². The Balaban J connectivity index is 1.57. The van der Waals surface area contributed by atoms with Gasteiger partial charge in [0.05, 0.1) is 5.56 Å². The zero-order chi connectivity index (χ0) is 19.7. The molecule has 0 radical (unpaired) electrons. The van der Waals surface area contributed by atoms with Crippen molar-refractivity contribution < 1.29 is 9.59 Å². The molecule has 0 aromatic heterocycles. The Morgan fingerprint density at radius 3 is 2.50 bits per heavy atom. The number of likely N-dealkylation sites (tertiary alicyclic amines) is 1. The van der Waals surface area contributed by atoms with E-state index in [4.69, 9.17) is 0 Å². The van der Waals surface area contributed by atoms with Crippen LogP contribution in [0, 0.1) is 0 Å². The normalized spacial score (nSPS) is 26.8. The molecule has 3 saturated heterocycles. The Kier molecular flexibility index (Phi) is 5.32. The van der Waals surface area contributed by atoms with Gasteiger partial charge in [-0.15, -0.1) is 0 Å². The molecule has 3 fully saturated rings. The number of anilines is 1. The number of para-hydroxylation sites is 1. The molecule has 3 aliphatic rings. The summed E-state index contributed by atoms with van der Waals surface area (Å²) in [5, 5.41) is 0. The van der Waals surface area contributed by atoms with Gasteiger partial charge in [-0.2, -0.15) is 0 Å². The molecule has 0 aliphatic carbocycles. The molecule has 28 heavy (non-hydrogen) atoms. The lowest BCUT2D eigenvalue weighted by molar-refractivity contribution is -0.129. The minimum absolute atomic E-state index is 0.100. The van der Waals surface area contributed by atoms with Gasteiger partial charge in [0.1, 0.15) is 0 Å². The first-order valence-corrected chi connectivity index (χ1v) is 10.6. The predicted octanol–water partition coefficient (Wildman–Crippen LogP) is 2.06. The molecule has 1 spiro atoms. The lowest BCUT2D eigenvalue weighted by Crippen LogP contribution is -2.62. The summed E-state index contributed by atoms with van der Waals surface area (Å²) < 4.78 is 0. The molecule has 6 nitrogen and oxygen atoms in total. The number of benzene rings is 1. The first-order chi connectivity index (χ1) is 13.5. The standard InChI is InChI=1S/C22H32N4O2/c1-23-14-11-22(10-9-20(23)27)17-26(16-15-24(22)2)21(28)18-7-3-4-8-19(18)25-12-5-6-13-25/h3-4,7-8H,5-6,9-17H2,1-2H3. The van der Waals surface area contributed by atoms with Crippen LogP contribution in [0.1, 0.15) is 42.5 Å². The predicted molar refractivity (Wildman–Crippen MR) is 111 cm³/mol. The van der Waals surface area contributed by atoms with Crippen molar-refractivity contribution in [3.63, 3.8) is 0 Å². The highest BCUT2D eigenvalue weighted by molar-refractivity contribution is 6.00. The van der Waals surface area contributed by atoms with Crippen molar-refractivity contribution in [1.29, 1.82) is 0 Å². The van der Waals surface area contributed by atoms with Crippen LogP contribution in [0.3, 0.4) is 0 Å². The van der Waals surface area contributed by atoms with E-state index in [-0.39, 0.29) is 17.4 Å². The van der Waals surface area contributed by atoms with Crippen LogP contribution in [-0.4, -0.2) is 85.4 Å². The third kappa shape index (κ3) is 3.50. The van der Waals surface area contributed by atoms with E-state index in [9.17, 15) is 9.59 Å². The highest BCUT2D eigenvalue weighted by Crippen LogP contribution is 2.33. The Bertz CT molecular complexity index is 746. The number of hydrogen-bond donors (Lipinski definition) is 0. The van der Waals surface area contributed by atoms with Crippen molar-refractivity contribution in [2.75, 3.05) is 58.3 Å². The van der Waals surface area contributed by atoms with Gasteiger partial charge >= 0.3 is 0 Å². The number of hydrogen-bond acceptors (Lipinski definition) is 4. The van der Waals surface area contributed by atoms with Crippen molar-refractivity contribution in [3.8, 4) is 0 Å². The van der Waals surface area contributed by atoms with Gasteiger partial charge in [-0.3, -0.25) is 14.5 Å². The van der Waals surface area contributed by atoms with Gasteiger partial charge in [0.25, 0.3) is 5.91 Å².